The average molecular weight is 358 g/mol. The van der Waals surface area contributed by atoms with Crippen LogP contribution in [0.2, 0.25) is 0 Å². The second-order valence-electron chi connectivity index (χ2n) is 5.86. The first-order valence-electron chi connectivity index (χ1n) is 8.29. The molecule has 0 aliphatic heterocycles. The van der Waals surface area contributed by atoms with E-state index in [4.69, 9.17) is 9.47 Å². The summed E-state index contributed by atoms with van der Waals surface area (Å²) < 4.78 is 10.6. The van der Waals surface area contributed by atoms with Gasteiger partial charge in [0.2, 0.25) is 11.5 Å². The molecule has 0 unspecified atom stereocenters. The fourth-order valence-corrected chi connectivity index (χ4v) is 4.15. The third kappa shape index (κ3) is 3.42. The number of phenolic OH excluding ortho intramolecular Hbond substituents is 2. The summed E-state index contributed by atoms with van der Waals surface area (Å²) in [5, 5.41) is 21.7. The lowest BCUT2D eigenvalue weighted by molar-refractivity contribution is 0.312. The van der Waals surface area contributed by atoms with Crippen LogP contribution in [0.3, 0.4) is 0 Å². The van der Waals surface area contributed by atoms with Crippen LogP contribution < -0.4 is 9.47 Å². The molecule has 2 aromatic rings. The molecule has 0 radical (unpaired) electrons. The second kappa shape index (κ2) is 7.74. The summed E-state index contributed by atoms with van der Waals surface area (Å²) >= 11 is 1.41. The number of allylic oxidation sites excluding steroid dienone is 2. The summed E-state index contributed by atoms with van der Waals surface area (Å²) in [6, 6.07) is 9.77. The van der Waals surface area contributed by atoms with E-state index in [0.29, 0.717) is 10.5 Å². The van der Waals surface area contributed by atoms with Gasteiger partial charge >= 0.3 is 0 Å². The highest BCUT2D eigenvalue weighted by Crippen LogP contribution is 2.55. The molecule has 0 saturated heterocycles. The molecule has 4 nitrogen and oxygen atoms in total. The molecule has 0 aromatic heterocycles. The number of methoxy groups -OCH3 is 2. The van der Waals surface area contributed by atoms with E-state index in [9.17, 15) is 10.2 Å². The number of ether oxygens (including phenoxy) is 2. The summed E-state index contributed by atoms with van der Waals surface area (Å²) in [7, 11) is 2.91. The zero-order valence-corrected chi connectivity index (χ0v) is 15.2. The highest BCUT2D eigenvalue weighted by molar-refractivity contribution is 7.99. The summed E-state index contributed by atoms with van der Waals surface area (Å²) in [5.41, 5.74) is 1.68. The van der Waals surface area contributed by atoms with Gasteiger partial charge in [-0.1, -0.05) is 36.0 Å². The Morgan fingerprint density at radius 2 is 1.60 bits per heavy atom. The van der Waals surface area contributed by atoms with Crippen molar-refractivity contribution < 1.29 is 19.7 Å². The standard InChI is InChI=1S/C20H22O4S/c1-23-18-16(21)15(13-9-5-3-6-10-13)20(17(22)19(18)24-2)25-14-11-7-4-8-12-14/h4,7-9,11-12,21-22H,3,5-6,10H2,1-2H3. The third-order valence-electron chi connectivity index (χ3n) is 4.30. The first-order valence-corrected chi connectivity index (χ1v) is 9.11. The Bertz CT molecular complexity index is 784. The van der Waals surface area contributed by atoms with Crippen LogP contribution in [0, 0.1) is 0 Å². The van der Waals surface area contributed by atoms with E-state index in [-0.39, 0.29) is 23.0 Å². The van der Waals surface area contributed by atoms with Gasteiger partial charge in [-0.2, -0.15) is 0 Å². The minimum absolute atomic E-state index is 0.00697. The van der Waals surface area contributed by atoms with Crippen LogP contribution in [0.15, 0.2) is 46.2 Å². The van der Waals surface area contributed by atoms with Gasteiger partial charge in [-0.05, 0) is 43.4 Å². The number of aromatic hydroxyl groups is 2. The van der Waals surface area contributed by atoms with Crippen LogP contribution in [-0.4, -0.2) is 24.4 Å². The lowest BCUT2D eigenvalue weighted by Crippen LogP contribution is -2.00. The van der Waals surface area contributed by atoms with E-state index >= 15 is 0 Å². The van der Waals surface area contributed by atoms with Crippen LogP contribution in [-0.2, 0) is 0 Å². The molecule has 0 amide bonds. The van der Waals surface area contributed by atoms with Crippen LogP contribution in [0.1, 0.15) is 31.2 Å². The normalized spacial score (nSPS) is 14.1. The van der Waals surface area contributed by atoms with Crippen molar-refractivity contribution >= 4 is 17.3 Å². The fourth-order valence-electron chi connectivity index (χ4n) is 3.11. The van der Waals surface area contributed by atoms with Crippen molar-refractivity contribution in [2.45, 2.75) is 35.5 Å². The van der Waals surface area contributed by atoms with Gasteiger partial charge < -0.3 is 19.7 Å². The van der Waals surface area contributed by atoms with Crippen molar-refractivity contribution in [1.29, 1.82) is 0 Å². The molecule has 0 fully saturated rings. The van der Waals surface area contributed by atoms with Gasteiger partial charge in [-0.3, -0.25) is 0 Å². The molecule has 0 atom stereocenters. The van der Waals surface area contributed by atoms with E-state index in [1.165, 1.54) is 26.0 Å². The van der Waals surface area contributed by atoms with Crippen LogP contribution in [0.4, 0.5) is 0 Å². The van der Waals surface area contributed by atoms with Crippen molar-refractivity contribution in [3.05, 3.63) is 42.0 Å². The summed E-state index contributed by atoms with van der Waals surface area (Å²) in [6.07, 6.45) is 6.18. The van der Waals surface area contributed by atoms with E-state index < -0.39 is 0 Å². The largest absolute Gasteiger partial charge is 0.504 e. The molecule has 2 N–H and O–H groups in total. The summed E-state index contributed by atoms with van der Waals surface area (Å²) in [6.45, 7) is 0. The minimum Gasteiger partial charge on any atom is -0.504 e. The first kappa shape index (κ1) is 17.5. The van der Waals surface area contributed by atoms with E-state index in [2.05, 4.69) is 6.08 Å². The van der Waals surface area contributed by atoms with Crippen molar-refractivity contribution in [2.75, 3.05) is 14.2 Å². The number of benzene rings is 2. The van der Waals surface area contributed by atoms with Crippen molar-refractivity contribution in [3.63, 3.8) is 0 Å². The van der Waals surface area contributed by atoms with Gasteiger partial charge in [0.05, 0.1) is 19.1 Å². The molecule has 3 rings (SSSR count). The van der Waals surface area contributed by atoms with Gasteiger partial charge in [0.1, 0.15) is 0 Å². The lowest BCUT2D eigenvalue weighted by atomic mass is 9.92. The second-order valence-corrected chi connectivity index (χ2v) is 6.94. The molecular weight excluding hydrogens is 336 g/mol. The number of phenols is 2. The third-order valence-corrected chi connectivity index (χ3v) is 5.41. The molecule has 0 saturated carbocycles. The SMILES string of the molecule is COc1c(O)c(Sc2ccccc2)c(C2=CCCCC2)c(O)c1OC. The van der Waals surface area contributed by atoms with Crippen molar-refractivity contribution in [3.8, 4) is 23.0 Å². The average Bonchev–Trinajstić information content (AvgIpc) is 2.66. The van der Waals surface area contributed by atoms with Crippen molar-refractivity contribution in [2.24, 2.45) is 0 Å². The van der Waals surface area contributed by atoms with E-state index in [1.54, 1.807) is 0 Å². The monoisotopic (exact) mass is 358 g/mol. The molecule has 132 valence electrons. The van der Waals surface area contributed by atoms with Gasteiger partial charge in [-0.25, -0.2) is 0 Å². The molecule has 5 heteroatoms. The quantitative estimate of drug-likeness (QED) is 0.717. The maximum absolute atomic E-state index is 10.9. The van der Waals surface area contributed by atoms with Crippen LogP contribution >= 0.6 is 11.8 Å². The van der Waals surface area contributed by atoms with Crippen LogP contribution in [0.5, 0.6) is 23.0 Å². The summed E-state index contributed by atoms with van der Waals surface area (Å²) in [5.74, 6) is 0.327. The Morgan fingerprint density at radius 1 is 0.920 bits per heavy atom. The fraction of sp³-hybridized carbons (Fsp3) is 0.300. The lowest BCUT2D eigenvalue weighted by Gasteiger charge is -2.22. The Labute approximate surface area is 152 Å². The smallest absolute Gasteiger partial charge is 0.208 e. The van der Waals surface area contributed by atoms with Gasteiger partial charge in [0.25, 0.3) is 0 Å². The maximum Gasteiger partial charge on any atom is 0.208 e. The van der Waals surface area contributed by atoms with E-state index in [0.717, 1.165) is 36.2 Å². The maximum atomic E-state index is 10.9. The number of hydrogen-bond acceptors (Lipinski definition) is 5. The zero-order chi connectivity index (χ0) is 17.8. The van der Waals surface area contributed by atoms with Crippen LogP contribution in [0.25, 0.3) is 5.57 Å². The first-order chi connectivity index (χ1) is 12.2. The van der Waals surface area contributed by atoms with Crippen molar-refractivity contribution in [1.82, 2.24) is 0 Å². The molecule has 0 spiro atoms. The molecule has 25 heavy (non-hydrogen) atoms. The predicted octanol–water partition coefficient (Wildman–Crippen LogP) is 5.22. The highest BCUT2D eigenvalue weighted by atomic mass is 32.2. The molecular formula is C20H22O4S. The Hall–Kier alpha value is -2.27. The minimum atomic E-state index is -0.00697. The number of hydrogen-bond donors (Lipinski definition) is 2. The van der Waals surface area contributed by atoms with Gasteiger partial charge in [0.15, 0.2) is 11.5 Å². The number of rotatable bonds is 5. The van der Waals surface area contributed by atoms with E-state index in [1.807, 2.05) is 30.3 Å². The molecule has 0 bridgehead atoms. The Kier molecular flexibility index (Phi) is 5.43. The Balaban J connectivity index is 2.22. The molecule has 2 aromatic carbocycles. The zero-order valence-electron chi connectivity index (χ0n) is 14.4. The molecule has 1 aliphatic carbocycles. The molecule has 0 heterocycles. The highest BCUT2D eigenvalue weighted by Gasteiger charge is 2.28. The topological polar surface area (TPSA) is 58.9 Å². The predicted molar refractivity (Wildman–Crippen MR) is 99.9 cm³/mol. The summed E-state index contributed by atoms with van der Waals surface area (Å²) in [4.78, 5) is 1.57. The van der Waals surface area contributed by atoms with Gasteiger partial charge in [-0.15, -0.1) is 0 Å². The molecule has 1 aliphatic rings. The van der Waals surface area contributed by atoms with Gasteiger partial charge in [0, 0.05) is 10.5 Å². The Morgan fingerprint density at radius 3 is 2.20 bits per heavy atom.